The third-order valence-electron chi connectivity index (χ3n) is 3.38. The molecule has 0 aromatic heterocycles. The minimum absolute atomic E-state index is 0.174. The maximum absolute atomic E-state index is 13.0. The normalized spacial score (nSPS) is 11.3. The molecule has 0 spiro atoms. The minimum atomic E-state index is -3.69. The van der Waals surface area contributed by atoms with Gasteiger partial charge < -0.3 is 0 Å². The highest BCUT2D eigenvalue weighted by Crippen LogP contribution is 2.30. The fourth-order valence-corrected chi connectivity index (χ4v) is 4.24. The van der Waals surface area contributed by atoms with Crippen molar-refractivity contribution >= 4 is 39.1 Å². The average molecular weight is 368 g/mol. The number of nitrogens with zero attached hydrogens (tertiary/aromatic N) is 1. The molecule has 0 aliphatic rings. The van der Waals surface area contributed by atoms with Crippen molar-refractivity contribution in [3.63, 3.8) is 0 Å². The first-order valence-electron chi connectivity index (χ1n) is 6.94. The van der Waals surface area contributed by atoms with Crippen molar-refractivity contribution in [3.8, 4) is 0 Å². The first-order chi connectivity index (χ1) is 10.9. The smallest absolute Gasteiger partial charge is 0.262 e. The Morgan fingerprint density at radius 1 is 1.22 bits per heavy atom. The topological polar surface area (TPSA) is 37.4 Å². The molecule has 0 radical (unpaired) electrons. The molecule has 2 aromatic rings. The molecular weight excluding hydrogens is 350 g/mol. The van der Waals surface area contributed by atoms with Crippen LogP contribution >= 0.6 is 23.4 Å². The molecule has 0 bridgehead atoms. The molecule has 3 nitrogen and oxygen atoms in total. The zero-order valence-electron chi connectivity index (χ0n) is 13.0. The summed E-state index contributed by atoms with van der Waals surface area (Å²) in [4.78, 5) is 1.26. The molecule has 0 saturated heterocycles. The van der Waals surface area contributed by atoms with E-state index in [9.17, 15) is 8.42 Å². The highest BCUT2D eigenvalue weighted by molar-refractivity contribution is 7.98. The molecule has 0 aliphatic carbocycles. The van der Waals surface area contributed by atoms with Crippen LogP contribution in [0.2, 0.25) is 5.02 Å². The number of hydrogen-bond acceptors (Lipinski definition) is 3. The van der Waals surface area contributed by atoms with Crippen molar-refractivity contribution in [2.75, 3.05) is 17.1 Å². The lowest BCUT2D eigenvalue weighted by molar-refractivity contribution is 0.592. The number of hydrogen-bond donors (Lipinski definition) is 0. The van der Waals surface area contributed by atoms with Crippen molar-refractivity contribution < 1.29 is 8.42 Å². The van der Waals surface area contributed by atoms with Crippen LogP contribution < -0.4 is 4.31 Å². The fourth-order valence-electron chi connectivity index (χ4n) is 2.17. The van der Waals surface area contributed by atoms with Crippen LogP contribution in [0.5, 0.6) is 0 Å². The summed E-state index contributed by atoms with van der Waals surface area (Å²) in [5.41, 5.74) is 1.40. The Kier molecular flexibility index (Phi) is 5.79. The second kappa shape index (κ2) is 7.43. The quantitative estimate of drug-likeness (QED) is 0.546. The molecule has 0 aliphatic heterocycles. The number of anilines is 1. The van der Waals surface area contributed by atoms with Gasteiger partial charge in [0.2, 0.25) is 0 Å². The predicted octanol–water partition coefficient (Wildman–Crippen LogP) is 4.75. The van der Waals surface area contributed by atoms with Gasteiger partial charge in [-0.3, -0.25) is 4.31 Å². The summed E-state index contributed by atoms with van der Waals surface area (Å²) in [6.07, 6.45) is 3.51. The molecule has 6 heteroatoms. The van der Waals surface area contributed by atoms with Crippen LogP contribution in [0.15, 0.2) is 64.9 Å². The van der Waals surface area contributed by atoms with Crippen LogP contribution in [0.3, 0.4) is 0 Å². The lowest BCUT2D eigenvalue weighted by atomic mass is 10.2. The summed E-state index contributed by atoms with van der Waals surface area (Å²) >= 11 is 7.61. The monoisotopic (exact) mass is 367 g/mol. The van der Waals surface area contributed by atoms with Crippen molar-refractivity contribution in [2.45, 2.75) is 16.7 Å². The third kappa shape index (κ3) is 3.91. The second-order valence-corrected chi connectivity index (χ2v) is 8.11. The largest absolute Gasteiger partial charge is 0.264 e. The first kappa shape index (κ1) is 17.9. The lowest BCUT2D eigenvalue weighted by Crippen LogP contribution is -2.31. The van der Waals surface area contributed by atoms with Crippen molar-refractivity contribution in [3.05, 3.63) is 65.7 Å². The highest BCUT2D eigenvalue weighted by atomic mass is 35.5. The maximum Gasteiger partial charge on any atom is 0.264 e. The van der Waals surface area contributed by atoms with Crippen molar-refractivity contribution in [1.82, 2.24) is 0 Å². The summed E-state index contributed by atoms with van der Waals surface area (Å²) in [5, 5.41) is 0.493. The van der Waals surface area contributed by atoms with Gasteiger partial charge in [-0.2, -0.15) is 0 Å². The van der Waals surface area contributed by atoms with Crippen LogP contribution in [0, 0.1) is 6.92 Å². The minimum Gasteiger partial charge on any atom is -0.262 e. The van der Waals surface area contributed by atoms with Crippen LogP contribution in [0.25, 0.3) is 0 Å². The molecule has 0 saturated carbocycles. The second-order valence-electron chi connectivity index (χ2n) is 4.93. The SMILES string of the molecule is C=CCN(c1cc(Cl)ccc1C)S(=O)(=O)c1ccc(SC)cc1. The fraction of sp³-hybridized carbons (Fsp3) is 0.176. The summed E-state index contributed by atoms with van der Waals surface area (Å²) in [5.74, 6) is 0. The van der Waals surface area contributed by atoms with Gasteiger partial charge in [0.1, 0.15) is 0 Å². The molecule has 122 valence electrons. The molecule has 0 N–H and O–H groups in total. The van der Waals surface area contributed by atoms with E-state index in [-0.39, 0.29) is 11.4 Å². The third-order valence-corrected chi connectivity index (χ3v) is 6.15. The molecular formula is C17H18ClNO2S2. The maximum atomic E-state index is 13.0. The van der Waals surface area contributed by atoms with E-state index in [0.717, 1.165) is 10.5 Å². The van der Waals surface area contributed by atoms with Gasteiger partial charge in [-0.05, 0) is 55.1 Å². The molecule has 0 heterocycles. The highest BCUT2D eigenvalue weighted by Gasteiger charge is 2.25. The summed E-state index contributed by atoms with van der Waals surface area (Å²) in [7, 11) is -3.69. The summed E-state index contributed by atoms with van der Waals surface area (Å²) in [6.45, 7) is 5.70. The number of rotatable bonds is 6. The Balaban J connectivity index is 2.54. The van der Waals surface area contributed by atoms with E-state index in [1.54, 1.807) is 60.3 Å². The summed E-state index contributed by atoms with van der Waals surface area (Å²) in [6, 6.07) is 12.1. The van der Waals surface area contributed by atoms with Crippen LogP contribution in [0.1, 0.15) is 5.56 Å². The lowest BCUT2D eigenvalue weighted by Gasteiger charge is -2.25. The number of thioether (sulfide) groups is 1. The molecule has 0 amide bonds. The van der Waals surface area contributed by atoms with Crippen LogP contribution in [-0.4, -0.2) is 21.2 Å². The van der Waals surface area contributed by atoms with Gasteiger partial charge in [0, 0.05) is 9.92 Å². The van der Waals surface area contributed by atoms with E-state index in [1.165, 1.54) is 4.31 Å². The zero-order valence-corrected chi connectivity index (χ0v) is 15.4. The van der Waals surface area contributed by atoms with E-state index in [0.29, 0.717) is 10.7 Å². The predicted molar refractivity (Wildman–Crippen MR) is 99.1 cm³/mol. The Bertz CT molecular complexity index is 802. The van der Waals surface area contributed by atoms with Gasteiger partial charge in [-0.25, -0.2) is 8.42 Å². The number of benzene rings is 2. The van der Waals surface area contributed by atoms with E-state index < -0.39 is 10.0 Å². The molecule has 2 rings (SSSR count). The van der Waals surface area contributed by atoms with Gasteiger partial charge in [0.25, 0.3) is 10.0 Å². The van der Waals surface area contributed by atoms with Gasteiger partial charge >= 0.3 is 0 Å². The van der Waals surface area contributed by atoms with E-state index in [1.807, 2.05) is 13.2 Å². The van der Waals surface area contributed by atoms with Gasteiger partial charge in [0.05, 0.1) is 17.1 Å². The van der Waals surface area contributed by atoms with Gasteiger partial charge in [-0.1, -0.05) is 23.7 Å². The molecule has 0 atom stereocenters. The van der Waals surface area contributed by atoms with E-state index >= 15 is 0 Å². The number of halogens is 1. The number of aryl methyl sites for hydroxylation is 1. The zero-order chi connectivity index (χ0) is 17.0. The molecule has 0 fully saturated rings. The van der Waals surface area contributed by atoms with Gasteiger partial charge in [-0.15, -0.1) is 18.3 Å². The average Bonchev–Trinajstić information content (AvgIpc) is 2.55. The van der Waals surface area contributed by atoms with E-state index in [2.05, 4.69) is 6.58 Å². The Labute approximate surface area is 147 Å². The van der Waals surface area contributed by atoms with E-state index in [4.69, 9.17) is 11.6 Å². The Morgan fingerprint density at radius 2 is 1.87 bits per heavy atom. The van der Waals surface area contributed by atoms with Crippen LogP contribution in [0.4, 0.5) is 5.69 Å². The van der Waals surface area contributed by atoms with Crippen molar-refractivity contribution in [2.24, 2.45) is 0 Å². The van der Waals surface area contributed by atoms with Crippen LogP contribution in [-0.2, 0) is 10.0 Å². The summed E-state index contributed by atoms with van der Waals surface area (Å²) < 4.78 is 27.4. The molecule has 23 heavy (non-hydrogen) atoms. The molecule has 2 aromatic carbocycles. The number of sulfonamides is 1. The standard InChI is InChI=1S/C17H18ClNO2S2/c1-4-11-19(17-12-14(18)6-5-13(17)2)23(20,21)16-9-7-15(22-3)8-10-16/h4-10,12H,1,11H2,2-3H3. The van der Waals surface area contributed by atoms with Crippen molar-refractivity contribution in [1.29, 1.82) is 0 Å². The molecule has 0 unspecified atom stereocenters. The van der Waals surface area contributed by atoms with Gasteiger partial charge in [0.15, 0.2) is 0 Å². The Morgan fingerprint density at radius 3 is 2.43 bits per heavy atom. The first-order valence-corrected chi connectivity index (χ1v) is 9.98. The Hall–Kier alpha value is -1.43.